The van der Waals surface area contributed by atoms with Crippen LogP contribution in [-0.2, 0) is 0 Å². The van der Waals surface area contributed by atoms with Crippen molar-refractivity contribution >= 4 is 29.5 Å². The second-order valence-corrected chi connectivity index (χ2v) is 6.59. The van der Waals surface area contributed by atoms with Gasteiger partial charge >= 0.3 is 6.01 Å². The van der Waals surface area contributed by atoms with Gasteiger partial charge in [0.15, 0.2) is 5.82 Å². The van der Waals surface area contributed by atoms with Crippen LogP contribution in [0, 0.1) is 0 Å². The molecule has 0 amide bonds. The summed E-state index contributed by atoms with van der Waals surface area (Å²) in [4.78, 5) is 4.45. The van der Waals surface area contributed by atoms with E-state index in [1.807, 2.05) is 23.5 Å². The summed E-state index contributed by atoms with van der Waals surface area (Å²) >= 11 is 3.98. The van der Waals surface area contributed by atoms with Gasteiger partial charge in [0.2, 0.25) is 0 Å². The summed E-state index contributed by atoms with van der Waals surface area (Å²) in [5, 5.41) is 8.24. The predicted octanol–water partition coefficient (Wildman–Crippen LogP) is 3.19. The minimum Gasteiger partial charge on any atom is -0.338 e. The highest BCUT2D eigenvalue weighted by Gasteiger charge is 2.30. The maximum absolute atomic E-state index is 5.22. The molecule has 1 N–H and O–H groups in total. The molecule has 0 radical (unpaired) electrons. The van der Waals surface area contributed by atoms with E-state index in [0.717, 1.165) is 25.2 Å². The maximum Gasteiger partial charge on any atom is 0.321 e. The molecule has 1 fully saturated rings. The van der Waals surface area contributed by atoms with Crippen molar-refractivity contribution in [2.24, 2.45) is 0 Å². The van der Waals surface area contributed by atoms with Crippen molar-refractivity contribution in [2.75, 3.05) is 23.4 Å². The highest BCUT2D eigenvalue weighted by atomic mass is 32.2. The third-order valence-electron chi connectivity index (χ3n) is 2.68. The molecule has 2 unspecified atom stereocenters. The monoisotopic (exact) mass is 273 g/mol. The summed E-state index contributed by atoms with van der Waals surface area (Å²) in [6, 6.07) is 0.563. The van der Waals surface area contributed by atoms with Crippen LogP contribution in [0.5, 0.6) is 0 Å². The average molecular weight is 273 g/mol. The van der Waals surface area contributed by atoms with E-state index in [1.54, 1.807) is 0 Å². The Kier molecular flexibility index (Phi) is 5.03. The van der Waals surface area contributed by atoms with Crippen molar-refractivity contribution in [1.29, 1.82) is 0 Å². The van der Waals surface area contributed by atoms with E-state index >= 15 is 0 Å². The van der Waals surface area contributed by atoms with E-state index in [0.29, 0.717) is 16.5 Å². The van der Waals surface area contributed by atoms with Crippen LogP contribution in [-0.4, -0.2) is 33.4 Å². The van der Waals surface area contributed by atoms with Crippen LogP contribution in [0.25, 0.3) is 0 Å². The number of hydrogen-bond acceptors (Lipinski definition) is 6. The largest absolute Gasteiger partial charge is 0.338 e. The molecule has 0 aliphatic carbocycles. The normalized spacial score (nSPS) is 24.8. The summed E-state index contributed by atoms with van der Waals surface area (Å²) in [5.41, 5.74) is 0. The van der Waals surface area contributed by atoms with Crippen LogP contribution in [0.1, 0.15) is 37.8 Å². The van der Waals surface area contributed by atoms with Crippen molar-refractivity contribution in [3.8, 4) is 0 Å². The Hall–Kier alpha value is -0.360. The minimum absolute atomic E-state index is 0.389. The van der Waals surface area contributed by atoms with Gasteiger partial charge in [0.1, 0.15) is 0 Å². The van der Waals surface area contributed by atoms with Crippen molar-refractivity contribution in [3.63, 3.8) is 0 Å². The molecular formula is C11H19N3OS2. The molecule has 2 heterocycles. The van der Waals surface area contributed by atoms with E-state index < -0.39 is 0 Å². The fourth-order valence-electron chi connectivity index (χ4n) is 1.80. The zero-order valence-electron chi connectivity index (χ0n) is 10.3. The molecule has 1 saturated heterocycles. The molecule has 1 aliphatic heterocycles. The van der Waals surface area contributed by atoms with Gasteiger partial charge in [0.25, 0.3) is 0 Å². The lowest BCUT2D eigenvalue weighted by Crippen LogP contribution is -2.19. The first kappa shape index (κ1) is 13.1. The lowest BCUT2D eigenvalue weighted by Gasteiger charge is -2.27. The number of nitrogens with zero attached hydrogens (tertiary/aromatic N) is 2. The molecule has 0 bridgehead atoms. The number of thioether (sulfide) groups is 2. The summed E-state index contributed by atoms with van der Waals surface area (Å²) in [7, 11) is 0. The summed E-state index contributed by atoms with van der Waals surface area (Å²) in [6.45, 7) is 5.23. The quantitative estimate of drug-likeness (QED) is 0.889. The smallest absolute Gasteiger partial charge is 0.321 e. The number of nitrogens with one attached hydrogen (secondary N) is 1. The summed E-state index contributed by atoms with van der Waals surface area (Å²) in [5.74, 6) is 3.27. The Morgan fingerprint density at radius 3 is 2.94 bits per heavy atom. The van der Waals surface area contributed by atoms with Gasteiger partial charge in [-0.05, 0) is 12.8 Å². The Bertz CT molecular complexity index is 345. The predicted molar refractivity (Wildman–Crippen MR) is 74.8 cm³/mol. The zero-order chi connectivity index (χ0) is 12.1. The van der Waals surface area contributed by atoms with Gasteiger partial charge in [0.05, 0.1) is 5.25 Å². The number of hydrogen-bond donors (Lipinski definition) is 1. The average Bonchev–Trinajstić information content (AvgIpc) is 2.85. The van der Waals surface area contributed by atoms with Crippen molar-refractivity contribution in [1.82, 2.24) is 10.1 Å². The van der Waals surface area contributed by atoms with Crippen LogP contribution >= 0.6 is 23.5 Å². The van der Waals surface area contributed by atoms with E-state index in [-0.39, 0.29) is 0 Å². The van der Waals surface area contributed by atoms with Crippen LogP contribution in [0.15, 0.2) is 4.52 Å². The molecule has 1 aromatic heterocycles. The van der Waals surface area contributed by atoms with Gasteiger partial charge < -0.3 is 9.84 Å². The topological polar surface area (TPSA) is 51.0 Å². The maximum atomic E-state index is 5.22. The van der Waals surface area contributed by atoms with E-state index in [4.69, 9.17) is 4.52 Å². The van der Waals surface area contributed by atoms with Crippen LogP contribution in [0.4, 0.5) is 6.01 Å². The molecule has 17 heavy (non-hydrogen) atoms. The van der Waals surface area contributed by atoms with Crippen molar-refractivity contribution in [3.05, 3.63) is 5.82 Å². The number of aromatic nitrogens is 2. The van der Waals surface area contributed by atoms with Gasteiger partial charge in [-0.15, -0.1) is 11.8 Å². The fraction of sp³-hybridized carbons (Fsp3) is 0.818. The second-order valence-electron chi connectivity index (χ2n) is 3.99. The first-order chi connectivity index (χ1) is 8.35. The van der Waals surface area contributed by atoms with Crippen LogP contribution in [0.2, 0.25) is 0 Å². The van der Waals surface area contributed by atoms with Gasteiger partial charge in [-0.1, -0.05) is 19.0 Å². The van der Waals surface area contributed by atoms with Crippen molar-refractivity contribution < 1.29 is 4.52 Å². The van der Waals surface area contributed by atoms with E-state index in [9.17, 15) is 0 Å². The zero-order valence-corrected chi connectivity index (χ0v) is 11.9. The molecule has 6 heteroatoms. The Morgan fingerprint density at radius 1 is 1.35 bits per heavy atom. The minimum atomic E-state index is 0.389. The molecule has 0 spiro atoms. The lowest BCUT2D eigenvalue weighted by atomic mass is 10.2. The third-order valence-corrected chi connectivity index (χ3v) is 5.92. The third kappa shape index (κ3) is 3.31. The lowest BCUT2D eigenvalue weighted by molar-refractivity contribution is 0.421. The number of anilines is 1. The molecular weight excluding hydrogens is 254 g/mol. The van der Waals surface area contributed by atoms with E-state index in [2.05, 4.69) is 29.3 Å². The fourth-order valence-corrected chi connectivity index (χ4v) is 4.78. The van der Waals surface area contributed by atoms with E-state index in [1.165, 1.54) is 11.5 Å². The van der Waals surface area contributed by atoms with Crippen LogP contribution in [0.3, 0.4) is 0 Å². The van der Waals surface area contributed by atoms with Gasteiger partial charge in [0, 0.05) is 23.3 Å². The Morgan fingerprint density at radius 2 is 2.18 bits per heavy atom. The molecule has 1 aliphatic rings. The highest BCUT2D eigenvalue weighted by molar-refractivity contribution is 8.06. The first-order valence-corrected chi connectivity index (χ1v) is 8.25. The second kappa shape index (κ2) is 6.54. The molecule has 0 aromatic carbocycles. The molecule has 2 rings (SSSR count). The SMILES string of the molecule is CCCNc1nc(C2SCCSC2CC)no1. The molecule has 96 valence electrons. The molecule has 4 nitrogen and oxygen atoms in total. The highest BCUT2D eigenvalue weighted by Crippen LogP contribution is 2.43. The molecule has 1 aromatic rings. The summed E-state index contributed by atoms with van der Waals surface area (Å²) < 4.78 is 5.22. The first-order valence-electron chi connectivity index (χ1n) is 6.15. The Labute approximate surface area is 111 Å². The van der Waals surface area contributed by atoms with Crippen LogP contribution < -0.4 is 5.32 Å². The molecule has 0 saturated carbocycles. The van der Waals surface area contributed by atoms with Gasteiger partial charge in [-0.25, -0.2) is 0 Å². The standard InChI is InChI=1S/C11H19N3OS2/c1-3-5-12-11-13-10(14-15-11)9-8(4-2)16-6-7-17-9/h8-9H,3-7H2,1-2H3,(H,12,13,14). The van der Waals surface area contributed by atoms with Gasteiger partial charge in [-0.3, -0.25) is 0 Å². The molecule has 2 atom stereocenters. The van der Waals surface area contributed by atoms with Gasteiger partial charge in [-0.2, -0.15) is 16.7 Å². The number of rotatable bonds is 5. The Balaban J connectivity index is 2.02. The summed E-state index contributed by atoms with van der Waals surface area (Å²) in [6.07, 6.45) is 2.22. The van der Waals surface area contributed by atoms with Crippen molar-refractivity contribution in [2.45, 2.75) is 37.2 Å².